The minimum atomic E-state index is -0.640. The number of anilines is 1. The van der Waals surface area contributed by atoms with Gasteiger partial charge in [0.15, 0.2) is 0 Å². The molecule has 0 saturated carbocycles. The predicted molar refractivity (Wildman–Crippen MR) is 82.1 cm³/mol. The van der Waals surface area contributed by atoms with Crippen molar-refractivity contribution in [1.82, 2.24) is 0 Å². The van der Waals surface area contributed by atoms with Crippen LogP contribution in [0.15, 0.2) is 42.5 Å². The molecule has 23 heavy (non-hydrogen) atoms. The van der Waals surface area contributed by atoms with Crippen molar-refractivity contribution < 1.29 is 18.3 Å². The molecule has 2 N–H and O–H groups in total. The molecule has 0 radical (unpaired) electrons. The normalized spacial score (nSPS) is 17.6. The quantitative estimate of drug-likeness (QED) is 0.943. The van der Waals surface area contributed by atoms with Gasteiger partial charge in [-0.15, -0.1) is 0 Å². The average Bonchev–Trinajstić information content (AvgIpc) is 2.87. The largest absolute Gasteiger partial charge is 0.489 e. The first-order chi connectivity index (χ1) is 11.1. The summed E-state index contributed by atoms with van der Waals surface area (Å²) in [5.41, 5.74) is 6.30. The van der Waals surface area contributed by atoms with E-state index >= 15 is 0 Å². The molecule has 4 nitrogen and oxygen atoms in total. The summed E-state index contributed by atoms with van der Waals surface area (Å²) in [5, 5.41) is 0. The van der Waals surface area contributed by atoms with Gasteiger partial charge >= 0.3 is 0 Å². The maximum absolute atomic E-state index is 13.5. The van der Waals surface area contributed by atoms with Crippen molar-refractivity contribution >= 4 is 11.6 Å². The molecule has 1 aliphatic rings. The Hall–Kier alpha value is -2.47. The Labute approximate surface area is 132 Å². The van der Waals surface area contributed by atoms with Crippen molar-refractivity contribution in [3.63, 3.8) is 0 Å². The third kappa shape index (κ3) is 3.17. The van der Waals surface area contributed by atoms with Gasteiger partial charge in [0.05, 0.1) is 11.6 Å². The van der Waals surface area contributed by atoms with E-state index in [0.717, 1.165) is 5.69 Å². The average molecular weight is 318 g/mol. The first kappa shape index (κ1) is 15.4. The predicted octanol–water partition coefficient (Wildman–Crippen LogP) is 2.61. The van der Waals surface area contributed by atoms with E-state index < -0.39 is 17.7 Å². The molecule has 120 valence electrons. The number of rotatable bonds is 4. The highest BCUT2D eigenvalue weighted by Crippen LogP contribution is 2.24. The second-order valence-corrected chi connectivity index (χ2v) is 5.37. The molecule has 1 saturated heterocycles. The molecule has 2 aromatic carbocycles. The minimum Gasteiger partial charge on any atom is -0.489 e. The first-order valence-corrected chi connectivity index (χ1v) is 7.29. The highest BCUT2D eigenvalue weighted by Gasteiger charge is 2.29. The van der Waals surface area contributed by atoms with E-state index in [1.165, 1.54) is 18.2 Å². The number of nitrogens with two attached hydrogens (primary N) is 1. The topological polar surface area (TPSA) is 55.6 Å². The zero-order valence-corrected chi connectivity index (χ0v) is 12.3. The lowest BCUT2D eigenvalue weighted by Crippen LogP contribution is -2.33. The first-order valence-electron chi connectivity index (χ1n) is 7.29. The molecule has 0 aromatic heterocycles. The van der Waals surface area contributed by atoms with Gasteiger partial charge in [0.1, 0.15) is 24.0 Å². The van der Waals surface area contributed by atoms with Crippen LogP contribution in [-0.2, 0) is 11.4 Å². The highest BCUT2D eigenvalue weighted by atomic mass is 19.1. The van der Waals surface area contributed by atoms with Gasteiger partial charge in [-0.05, 0) is 42.8 Å². The molecule has 0 unspecified atom stereocenters. The van der Waals surface area contributed by atoms with Crippen molar-refractivity contribution in [3.8, 4) is 5.75 Å². The van der Waals surface area contributed by atoms with Crippen LogP contribution in [0, 0.1) is 11.6 Å². The van der Waals surface area contributed by atoms with Crippen LogP contribution < -0.4 is 15.4 Å². The fourth-order valence-electron chi connectivity index (χ4n) is 2.51. The van der Waals surface area contributed by atoms with Gasteiger partial charge in [0.2, 0.25) is 5.91 Å². The van der Waals surface area contributed by atoms with Crippen LogP contribution >= 0.6 is 0 Å². The molecule has 0 bridgehead atoms. The summed E-state index contributed by atoms with van der Waals surface area (Å²) < 4.78 is 32.5. The van der Waals surface area contributed by atoms with Gasteiger partial charge in [-0.3, -0.25) is 4.79 Å². The smallest absolute Gasteiger partial charge is 0.243 e. The van der Waals surface area contributed by atoms with E-state index in [4.69, 9.17) is 10.5 Å². The number of carbonyl (C=O) groups excluding carboxylic acids is 1. The third-order valence-electron chi connectivity index (χ3n) is 3.84. The second kappa shape index (κ2) is 6.34. The molecular weight excluding hydrogens is 302 g/mol. The number of ether oxygens (including phenoxy) is 1. The Kier molecular flexibility index (Phi) is 4.25. The summed E-state index contributed by atoms with van der Waals surface area (Å²) in [5.74, 6) is -0.920. The summed E-state index contributed by atoms with van der Waals surface area (Å²) >= 11 is 0. The molecule has 2 aromatic rings. The number of carbonyl (C=O) groups is 1. The van der Waals surface area contributed by atoms with Gasteiger partial charge < -0.3 is 15.4 Å². The standard InChI is InChI=1S/C17H16F2N2O2/c18-14-2-1-3-15(19)13(14)10-23-12-6-4-11(5-7-12)21-9-8-16(20)17(21)22/h1-7,16H,8-10,20H2/t16-/m0/s1. The lowest BCUT2D eigenvalue weighted by molar-refractivity contribution is -0.118. The zero-order chi connectivity index (χ0) is 16.4. The molecule has 3 rings (SSSR count). The molecule has 1 aliphatic heterocycles. The Morgan fingerprint density at radius 2 is 1.78 bits per heavy atom. The van der Waals surface area contributed by atoms with E-state index in [9.17, 15) is 13.6 Å². The Morgan fingerprint density at radius 3 is 2.35 bits per heavy atom. The summed E-state index contributed by atoms with van der Waals surface area (Å²) in [6.45, 7) is 0.381. The minimum absolute atomic E-state index is 0.105. The molecule has 1 heterocycles. The highest BCUT2D eigenvalue weighted by molar-refractivity contribution is 5.99. The molecular formula is C17H16F2N2O2. The molecule has 6 heteroatoms. The molecule has 0 spiro atoms. The van der Waals surface area contributed by atoms with Gasteiger partial charge in [-0.1, -0.05) is 6.07 Å². The Bertz CT molecular complexity index is 699. The summed E-state index contributed by atoms with van der Waals surface area (Å²) in [7, 11) is 0. The van der Waals surface area contributed by atoms with E-state index in [1.807, 2.05) is 0 Å². The maximum atomic E-state index is 13.5. The number of hydrogen-bond acceptors (Lipinski definition) is 3. The van der Waals surface area contributed by atoms with Crippen molar-refractivity contribution in [2.75, 3.05) is 11.4 Å². The van der Waals surface area contributed by atoms with Crippen molar-refractivity contribution in [2.45, 2.75) is 19.1 Å². The monoisotopic (exact) mass is 318 g/mol. The molecule has 1 amide bonds. The summed E-state index contributed by atoms with van der Waals surface area (Å²) in [4.78, 5) is 13.5. The van der Waals surface area contributed by atoms with Crippen LogP contribution in [0.1, 0.15) is 12.0 Å². The van der Waals surface area contributed by atoms with Crippen LogP contribution in [0.3, 0.4) is 0 Å². The SMILES string of the molecule is N[C@H]1CCN(c2ccc(OCc3c(F)cccc3F)cc2)C1=O. The number of hydrogen-bond donors (Lipinski definition) is 1. The van der Waals surface area contributed by atoms with Crippen LogP contribution in [0.2, 0.25) is 0 Å². The molecule has 1 atom stereocenters. The fourth-order valence-corrected chi connectivity index (χ4v) is 2.51. The van der Waals surface area contributed by atoms with Gasteiger partial charge in [-0.25, -0.2) is 8.78 Å². The van der Waals surface area contributed by atoms with E-state index in [1.54, 1.807) is 29.2 Å². The summed E-state index contributed by atoms with van der Waals surface area (Å²) in [6.07, 6.45) is 0.629. The number of amides is 1. The van der Waals surface area contributed by atoms with Crippen LogP contribution in [0.25, 0.3) is 0 Å². The number of halogens is 2. The van der Waals surface area contributed by atoms with Crippen molar-refractivity contribution in [1.29, 1.82) is 0 Å². The molecule has 1 fully saturated rings. The number of nitrogens with zero attached hydrogens (tertiary/aromatic N) is 1. The zero-order valence-electron chi connectivity index (χ0n) is 12.3. The lowest BCUT2D eigenvalue weighted by atomic mass is 10.2. The Morgan fingerprint density at radius 1 is 1.13 bits per heavy atom. The Balaban J connectivity index is 1.67. The van der Waals surface area contributed by atoms with E-state index in [2.05, 4.69) is 0 Å². The maximum Gasteiger partial charge on any atom is 0.243 e. The molecule has 0 aliphatic carbocycles. The second-order valence-electron chi connectivity index (χ2n) is 5.37. The van der Waals surface area contributed by atoms with Crippen LogP contribution in [0.5, 0.6) is 5.75 Å². The van der Waals surface area contributed by atoms with Crippen molar-refractivity contribution in [2.24, 2.45) is 5.73 Å². The fraction of sp³-hybridized carbons (Fsp3) is 0.235. The van der Waals surface area contributed by atoms with Crippen LogP contribution in [0.4, 0.5) is 14.5 Å². The third-order valence-corrected chi connectivity index (χ3v) is 3.84. The number of benzene rings is 2. The van der Waals surface area contributed by atoms with Crippen molar-refractivity contribution in [3.05, 3.63) is 59.7 Å². The van der Waals surface area contributed by atoms with Gasteiger partial charge in [0, 0.05) is 12.2 Å². The van der Waals surface area contributed by atoms with Gasteiger partial charge in [-0.2, -0.15) is 0 Å². The van der Waals surface area contributed by atoms with Crippen LogP contribution in [-0.4, -0.2) is 18.5 Å². The van der Waals surface area contributed by atoms with E-state index in [-0.39, 0.29) is 18.1 Å². The lowest BCUT2D eigenvalue weighted by Gasteiger charge is -2.16. The van der Waals surface area contributed by atoms with E-state index in [0.29, 0.717) is 18.7 Å². The summed E-state index contributed by atoms with van der Waals surface area (Å²) in [6, 6.07) is 10.00. The van der Waals surface area contributed by atoms with Gasteiger partial charge in [0.25, 0.3) is 0 Å².